The van der Waals surface area contributed by atoms with Gasteiger partial charge in [0.05, 0.1) is 11.1 Å². The molecule has 0 fully saturated rings. The number of hydrogen-bond acceptors (Lipinski definition) is 4. The Morgan fingerprint density at radius 3 is 2.45 bits per heavy atom. The van der Waals surface area contributed by atoms with Gasteiger partial charge in [0.25, 0.3) is 5.91 Å². The highest BCUT2D eigenvalue weighted by atomic mass is 19.4. The van der Waals surface area contributed by atoms with Crippen LogP contribution in [0.1, 0.15) is 24.1 Å². The molecular formula is C20H16F3N5O. The van der Waals surface area contributed by atoms with Gasteiger partial charge in [-0.25, -0.2) is 4.68 Å². The van der Waals surface area contributed by atoms with Gasteiger partial charge in [-0.1, -0.05) is 30.3 Å². The lowest BCUT2D eigenvalue weighted by Crippen LogP contribution is -2.31. The van der Waals surface area contributed by atoms with Crippen molar-refractivity contribution in [3.63, 3.8) is 0 Å². The highest BCUT2D eigenvalue weighted by molar-refractivity contribution is 6.06. The van der Waals surface area contributed by atoms with Gasteiger partial charge >= 0.3 is 6.18 Å². The van der Waals surface area contributed by atoms with Crippen molar-refractivity contribution in [3.8, 4) is 0 Å². The van der Waals surface area contributed by atoms with Gasteiger partial charge in [-0.2, -0.15) is 23.3 Å². The maximum Gasteiger partial charge on any atom is 0.416 e. The molecule has 4 rings (SSSR count). The van der Waals surface area contributed by atoms with Gasteiger partial charge in [-0.05, 0) is 36.8 Å². The lowest BCUT2D eigenvalue weighted by molar-refractivity contribution is -0.137. The number of nitrogens with zero attached hydrogens (tertiary/aromatic N) is 3. The zero-order valence-corrected chi connectivity index (χ0v) is 15.2. The number of carbonyl (C=O) groups is 1. The van der Waals surface area contributed by atoms with E-state index in [1.54, 1.807) is 31.2 Å². The van der Waals surface area contributed by atoms with Crippen LogP contribution in [0.4, 0.5) is 24.8 Å². The molecule has 0 saturated heterocycles. The molecule has 6 nitrogen and oxygen atoms in total. The van der Waals surface area contributed by atoms with Crippen LogP contribution in [0.25, 0.3) is 0 Å². The normalized spacial score (nSPS) is 16.2. The van der Waals surface area contributed by atoms with Crippen LogP contribution in [-0.4, -0.2) is 20.7 Å². The van der Waals surface area contributed by atoms with E-state index in [4.69, 9.17) is 0 Å². The maximum absolute atomic E-state index is 13.1. The zero-order chi connectivity index (χ0) is 20.6. The Morgan fingerprint density at radius 2 is 1.79 bits per heavy atom. The molecule has 1 aromatic heterocycles. The number of anilines is 2. The second-order valence-corrected chi connectivity index (χ2v) is 6.53. The molecule has 0 spiro atoms. The van der Waals surface area contributed by atoms with Crippen LogP contribution in [-0.2, 0) is 11.0 Å². The summed E-state index contributed by atoms with van der Waals surface area (Å²) >= 11 is 0. The van der Waals surface area contributed by atoms with Crippen LogP contribution < -0.4 is 10.6 Å². The summed E-state index contributed by atoms with van der Waals surface area (Å²) in [5.41, 5.74) is 1.22. The number of nitrogens with one attached hydrogen (secondary N) is 2. The monoisotopic (exact) mass is 399 g/mol. The number of aromatic nitrogens is 3. The molecular weight excluding hydrogens is 383 g/mol. The molecule has 1 aliphatic rings. The quantitative estimate of drug-likeness (QED) is 0.692. The second kappa shape index (κ2) is 7.08. The van der Waals surface area contributed by atoms with Crippen LogP contribution in [0.5, 0.6) is 0 Å². The number of rotatable bonds is 3. The van der Waals surface area contributed by atoms with Crippen molar-refractivity contribution in [2.45, 2.75) is 19.1 Å². The maximum atomic E-state index is 13.1. The summed E-state index contributed by atoms with van der Waals surface area (Å²) < 4.78 is 40.3. The minimum atomic E-state index is -4.44. The minimum Gasteiger partial charge on any atom is -0.328 e. The molecule has 148 valence electrons. The van der Waals surface area contributed by atoms with Gasteiger partial charge in [-0.15, -0.1) is 0 Å². The van der Waals surface area contributed by atoms with Crippen LogP contribution in [0.2, 0.25) is 0 Å². The Balaban J connectivity index is 1.75. The third kappa shape index (κ3) is 3.58. The molecule has 0 aliphatic carbocycles. The van der Waals surface area contributed by atoms with E-state index < -0.39 is 17.8 Å². The van der Waals surface area contributed by atoms with E-state index in [1.807, 2.05) is 6.07 Å². The largest absolute Gasteiger partial charge is 0.416 e. The predicted molar refractivity (Wildman–Crippen MR) is 101 cm³/mol. The number of hydrogen-bond donors (Lipinski definition) is 2. The highest BCUT2D eigenvalue weighted by Crippen LogP contribution is 2.36. The van der Waals surface area contributed by atoms with Crippen molar-refractivity contribution >= 4 is 17.5 Å². The first-order valence-electron chi connectivity index (χ1n) is 8.75. The van der Waals surface area contributed by atoms with Crippen molar-refractivity contribution in [1.82, 2.24) is 14.8 Å². The van der Waals surface area contributed by atoms with E-state index in [0.717, 1.165) is 12.1 Å². The van der Waals surface area contributed by atoms with Crippen LogP contribution in [0.3, 0.4) is 0 Å². The molecule has 1 aliphatic heterocycles. The fourth-order valence-corrected chi connectivity index (χ4v) is 3.27. The molecule has 0 bridgehead atoms. The van der Waals surface area contributed by atoms with E-state index in [-0.39, 0.29) is 5.91 Å². The minimum absolute atomic E-state index is 0.339. The van der Waals surface area contributed by atoms with E-state index in [9.17, 15) is 18.0 Å². The Labute approximate surface area is 164 Å². The fourth-order valence-electron chi connectivity index (χ4n) is 3.27. The van der Waals surface area contributed by atoms with E-state index in [0.29, 0.717) is 28.5 Å². The summed E-state index contributed by atoms with van der Waals surface area (Å²) in [5, 5.41) is 10.0. The lowest BCUT2D eigenvalue weighted by Gasteiger charge is -2.29. The van der Waals surface area contributed by atoms with Crippen molar-refractivity contribution in [2.24, 2.45) is 0 Å². The molecule has 29 heavy (non-hydrogen) atoms. The van der Waals surface area contributed by atoms with Crippen LogP contribution >= 0.6 is 0 Å². The lowest BCUT2D eigenvalue weighted by atomic mass is 9.94. The predicted octanol–water partition coefficient (Wildman–Crippen LogP) is 4.22. The third-order valence-corrected chi connectivity index (χ3v) is 4.62. The summed E-state index contributed by atoms with van der Waals surface area (Å²) in [5.74, 6) is 0.0240. The number of halogens is 3. The van der Waals surface area contributed by atoms with Crippen LogP contribution in [0.15, 0.2) is 72.2 Å². The van der Waals surface area contributed by atoms with Crippen molar-refractivity contribution in [1.29, 1.82) is 0 Å². The number of fused-ring (bicyclic) bond motifs is 1. The Kier molecular flexibility index (Phi) is 4.57. The van der Waals surface area contributed by atoms with Crippen molar-refractivity contribution in [3.05, 3.63) is 83.3 Å². The summed E-state index contributed by atoms with van der Waals surface area (Å²) in [6.45, 7) is 1.72. The average molecular weight is 399 g/mol. The summed E-state index contributed by atoms with van der Waals surface area (Å²) in [6, 6.07) is 12.9. The number of carbonyl (C=O) groups excluding carboxylic acids is 1. The number of allylic oxidation sites excluding steroid dienone is 1. The molecule has 2 N–H and O–H groups in total. The van der Waals surface area contributed by atoms with Gasteiger partial charge in [0.1, 0.15) is 12.4 Å². The van der Waals surface area contributed by atoms with E-state index in [2.05, 4.69) is 20.7 Å². The highest BCUT2D eigenvalue weighted by Gasteiger charge is 2.35. The van der Waals surface area contributed by atoms with Gasteiger partial charge in [0, 0.05) is 11.4 Å². The summed E-state index contributed by atoms with van der Waals surface area (Å²) in [4.78, 5) is 17.2. The molecule has 0 unspecified atom stereocenters. The molecule has 1 amide bonds. The smallest absolute Gasteiger partial charge is 0.328 e. The van der Waals surface area contributed by atoms with Gasteiger partial charge < -0.3 is 10.6 Å². The standard InChI is InChI=1S/C20H16F3N5O/c1-12-16(18(29)27-15-5-3-2-4-6-15)17(28-19(26-12)24-11-25-28)13-7-9-14(10-8-13)20(21,22)23/h2-11,17H,1H3,(H,27,29)(H,24,25,26)/t17-/m1/s1. The Hall–Kier alpha value is -3.62. The molecule has 1 atom stereocenters. The van der Waals surface area contributed by atoms with Crippen molar-refractivity contribution in [2.75, 3.05) is 10.6 Å². The first-order valence-corrected chi connectivity index (χ1v) is 8.75. The second-order valence-electron chi connectivity index (χ2n) is 6.53. The van der Waals surface area contributed by atoms with Gasteiger partial charge in [-0.3, -0.25) is 4.79 Å². The van der Waals surface area contributed by atoms with Crippen molar-refractivity contribution < 1.29 is 18.0 Å². The Morgan fingerprint density at radius 1 is 1.10 bits per heavy atom. The fraction of sp³-hybridized carbons (Fsp3) is 0.150. The number of alkyl halides is 3. The summed E-state index contributed by atoms with van der Waals surface area (Å²) in [6.07, 6.45) is -3.12. The Bertz CT molecular complexity index is 1070. The molecule has 3 aromatic rings. The topological polar surface area (TPSA) is 71.8 Å². The average Bonchev–Trinajstić information content (AvgIpc) is 3.15. The van der Waals surface area contributed by atoms with Gasteiger partial charge in [0.2, 0.25) is 5.95 Å². The van der Waals surface area contributed by atoms with E-state index >= 15 is 0 Å². The molecule has 0 radical (unpaired) electrons. The molecule has 9 heteroatoms. The van der Waals surface area contributed by atoms with E-state index in [1.165, 1.54) is 23.1 Å². The molecule has 0 saturated carbocycles. The first-order chi connectivity index (χ1) is 13.8. The van der Waals surface area contributed by atoms with Gasteiger partial charge in [0.15, 0.2) is 0 Å². The number of benzene rings is 2. The first kappa shape index (κ1) is 18.7. The third-order valence-electron chi connectivity index (χ3n) is 4.62. The SMILES string of the molecule is CC1=C(C(=O)Nc2ccccc2)[C@@H](c2ccc(C(F)(F)F)cc2)n2ncnc2N1. The number of para-hydroxylation sites is 1. The molecule has 2 heterocycles. The molecule has 2 aromatic carbocycles. The summed E-state index contributed by atoms with van der Waals surface area (Å²) in [7, 11) is 0. The number of amides is 1. The zero-order valence-electron chi connectivity index (χ0n) is 15.2. The van der Waals surface area contributed by atoms with Crippen LogP contribution in [0, 0.1) is 0 Å².